The highest BCUT2D eigenvalue weighted by atomic mass is 16.5. The van der Waals surface area contributed by atoms with Crippen LogP contribution in [0.1, 0.15) is 36.6 Å². The smallest absolute Gasteiger partial charge is 0.244 e. The Bertz CT molecular complexity index is 1590. The Morgan fingerprint density at radius 2 is 1.69 bits per heavy atom. The van der Waals surface area contributed by atoms with Gasteiger partial charge in [0.1, 0.15) is 11.3 Å². The summed E-state index contributed by atoms with van der Waals surface area (Å²) in [6, 6.07) is 26.6. The molecule has 0 bridgehead atoms. The Hall–Kier alpha value is -4.31. The van der Waals surface area contributed by atoms with E-state index in [0.29, 0.717) is 5.75 Å². The summed E-state index contributed by atoms with van der Waals surface area (Å²) in [5.41, 5.74) is 6.53. The molecule has 5 aromatic rings. The highest BCUT2D eigenvalue weighted by Crippen LogP contribution is 2.41. The van der Waals surface area contributed by atoms with Gasteiger partial charge in [-0.15, -0.1) is 0 Å². The Morgan fingerprint density at radius 3 is 2.44 bits per heavy atom. The van der Waals surface area contributed by atoms with Crippen LogP contribution < -0.4 is 10.1 Å². The van der Waals surface area contributed by atoms with Gasteiger partial charge in [0.15, 0.2) is 0 Å². The Kier molecular flexibility index (Phi) is 6.34. The van der Waals surface area contributed by atoms with Crippen LogP contribution in [0.3, 0.4) is 0 Å². The lowest BCUT2D eigenvalue weighted by Crippen LogP contribution is -2.24. The van der Waals surface area contributed by atoms with Crippen LogP contribution in [-0.4, -0.2) is 13.0 Å². The van der Waals surface area contributed by atoms with Crippen molar-refractivity contribution in [2.75, 3.05) is 7.11 Å². The lowest BCUT2D eigenvalue weighted by atomic mass is 9.95. The van der Waals surface area contributed by atoms with Gasteiger partial charge in [-0.3, -0.25) is 4.79 Å². The quantitative estimate of drug-likeness (QED) is 0.254. The third kappa shape index (κ3) is 4.38. The molecule has 36 heavy (non-hydrogen) atoms. The second kappa shape index (κ2) is 9.74. The first-order valence-corrected chi connectivity index (χ1v) is 12.1. The second-order valence-electron chi connectivity index (χ2n) is 9.14. The average Bonchev–Trinajstić information content (AvgIpc) is 3.33. The zero-order chi connectivity index (χ0) is 25.2. The van der Waals surface area contributed by atoms with Gasteiger partial charge in [0.2, 0.25) is 5.91 Å². The maximum atomic E-state index is 12.9. The van der Waals surface area contributed by atoms with Crippen LogP contribution >= 0.6 is 0 Å². The van der Waals surface area contributed by atoms with Crippen LogP contribution in [-0.2, 0) is 4.79 Å². The van der Waals surface area contributed by atoms with Crippen molar-refractivity contribution in [3.05, 3.63) is 108 Å². The van der Waals surface area contributed by atoms with Crippen molar-refractivity contribution in [2.24, 2.45) is 0 Å². The van der Waals surface area contributed by atoms with E-state index in [1.54, 1.807) is 19.4 Å². The number of carbonyl (C=O) groups is 1. The predicted molar refractivity (Wildman–Crippen MR) is 147 cm³/mol. The second-order valence-corrected chi connectivity index (χ2v) is 9.14. The minimum Gasteiger partial charge on any atom is -0.496 e. The van der Waals surface area contributed by atoms with Crippen molar-refractivity contribution in [1.82, 2.24) is 5.32 Å². The number of methoxy groups -OCH3 is 1. The number of carbonyl (C=O) groups excluding carboxylic acids is 1. The van der Waals surface area contributed by atoms with Crippen molar-refractivity contribution in [1.29, 1.82) is 0 Å². The topological polar surface area (TPSA) is 51.5 Å². The van der Waals surface area contributed by atoms with Crippen LogP contribution in [0.2, 0.25) is 0 Å². The highest BCUT2D eigenvalue weighted by molar-refractivity contribution is 6.02. The number of hydrogen-bond acceptors (Lipinski definition) is 3. The Morgan fingerprint density at radius 1 is 0.972 bits per heavy atom. The van der Waals surface area contributed by atoms with Crippen LogP contribution in [0.15, 0.2) is 95.6 Å². The van der Waals surface area contributed by atoms with Crippen molar-refractivity contribution in [3.63, 3.8) is 0 Å². The maximum absolute atomic E-state index is 12.9. The molecule has 0 fully saturated rings. The first kappa shape index (κ1) is 23.4. The molecule has 1 unspecified atom stereocenters. The molecular formula is C32H29NO3. The SMILES string of the molecule is COc1c(/C(C)=C/C(=O)NC(C)c2ccccc2)cc2c(-c3ccc4ccccc4c3)coc2c1C. The molecule has 5 rings (SSSR count). The van der Waals surface area contributed by atoms with Gasteiger partial charge in [-0.2, -0.15) is 0 Å². The number of furan rings is 1. The van der Waals surface area contributed by atoms with Gasteiger partial charge in [0.25, 0.3) is 0 Å². The molecular weight excluding hydrogens is 446 g/mol. The molecule has 0 aliphatic rings. The van der Waals surface area contributed by atoms with E-state index in [-0.39, 0.29) is 11.9 Å². The zero-order valence-electron chi connectivity index (χ0n) is 21.0. The molecule has 0 aliphatic heterocycles. The van der Waals surface area contributed by atoms with E-state index in [9.17, 15) is 4.79 Å². The monoisotopic (exact) mass is 475 g/mol. The standard InChI is InChI=1S/C32H29NO3/c1-20(16-30(34)33-22(3)23-10-6-5-7-11-23)27-18-28-29(19-36-32(28)21(2)31(27)35-4)26-15-14-24-12-8-9-13-25(24)17-26/h5-19,22H,1-4H3,(H,33,34)/b20-16+. The molecule has 0 saturated carbocycles. The Balaban J connectivity index is 1.54. The maximum Gasteiger partial charge on any atom is 0.244 e. The number of fused-ring (bicyclic) bond motifs is 2. The van der Waals surface area contributed by atoms with Gasteiger partial charge >= 0.3 is 0 Å². The number of amides is 1. The summed E-state index contributed by atoms with van der Waals surface area (Å²) in [4.78, 5) is 12.9. The van der Waals surface area contributed by atoms with E-state index in [4.69, 9.17) is 9.15 Å². The molecule has 4 aromatic carbocycles. The van der Waals surface area contributed by atoms with E-state index in [2.05, 4.69) is 41.7 Å². The highest BCUT2D eigenvalue weighted by Gasteiger charge is 2.19. The van der Waals surface area contributed by atoms with Gasteiger partial charge in [-0.1, -0.05) is 66.7 Å². The van der Waals surface area contributed by atoms with Crippen LogP contribution in [0.25, 0.3) is 38.4 Å². The number of aryl methyl sites for hydroxylation is 1. The molecule has 1 atom stereocenters. The molecule has 180 valence electrons. The van der Waals surface area contributed by atoms with Gasteiger partial charge in [0.05, 0.1) is 19.4 Å². The molecule has 4 heteroatoms. The lowest BCUT2D eigenvalue weighted by Gasteiger charge is -2.15. The predicted octanol–water partition coefficient (Wildman–Crippen LogP) is 7.85. The van der Waals surface area contributed by atoms with E-state index in [1.165, 1.54) is 10.8 Å². The Labute approximate surface area is 211 Å². The van der Waals surface area contributed by atoms with Crippen molar-refractivity contribution in [2.45, 2.75) is 26.8 Å². The number of hydrogen-bond donors (Lipinski definition) is 1. The molecule has 0 saturated heterocycles. The minimum absolute atomic E-state index is 0.0951. The van der Waals surface area contributed by atoms with Crippen molar-refractivity contribution < 1.29 is 13.9 Å². The van der Waals surface area contributed by atoms with Gasteiger partial charge < -0.3 is 14.5 Å². The average molecular weight is 476 g/mol. The molecule has 1 amide bonds. The van der Waals surface area contributed by atoms with E-state index >= 15 is 0 Å². The van der Waals surface area contributed by atoms with Gasteiger partial charge in [-0.25, -0.2) is 0 Å². The van der Waals surface area contributed by atoms with Crippen molar-refractivity contribution in [3.8, 4) is 16.9 Å². The van der Waals surface area contributed by atoms with Gasteiger partial charge in [-0.05, 0) is 60.4 Å². The summed E-state index contributed by atoms with van der Waals surface area (Å²) in [6.07, 6.45) is 3.44. The fourth-order valence-corrected chi connectivity index (χ4v) is 4.81. The van der Waals surface area contributed by atoms with Gasteiger partial charge in [0, 0.05) is 28.2 Å². The van der Waals surface area contributed by atoms with Crippen LogP contribution in [0.5, 0.6) is 5.75 Å². The number of allylic oxidation sites excluding steroid dienone is 1. The molecule has 1 heterocycles. The summed E-state index contributed by atoms with van der Waals surface area (Å²) < 4.78 is 11.8. The molecule has 1 aromatic heterocycles. The van der Waals surface area contributed by atoms with E-state index in [1.807, 2.05) is 63.2 Å². The zero-order valence-corrected chi connectivity index (χ0v) is 21.0. The summed E-state index contributed by atoms with van der Waals surface area (Å²) in [7, 11) is 1.65. The third-order valence-corrected chi connectivity index (χ3v) is 6.74. The molecule has 0 spiro atoms. The largest absolute Gasteiger partial charge is 0.496 e. The van der Waals surface area contributed by atoms with E-state index < -0.39 is 0 Å². The van der Waals surface area contributed by atoms with E-state index in [0.717, 1.165) is 44.4 Å². The molecule has 1 N–H and O–H groups in total. The number of nitrogens with one attached hydrogen (secondary N) is 1. The number of ether oxygens (including phenoxy) is 1. The van der Waals surface area contributed by atoms with Crippen LogP contribution in [0, 0.1) is 6.92 Å². The fourth-order valence-electron chi connectivity index (χ4n) is 4.81. The summed E-state index contributed by atoms with van der Waals surface area (Å²) in [5, 5.41) is 6.42. The lowest BCUT2D eigenvalue weighted by molar-refractivity contribution is -0.117. The van der Waals surface area contributed by atoms with Crippen molar-refractivity contribution >= 4 is 33.2 Å². The molecule has 4 nitrogen and oxygen atoms in total. The normalized spacial score (nSPS) is 12.6. The number of rotatable bonds is 6. The third-order valence-electron chi connectivity index (χ3n) is 6.74. The summed E-state index contributed by atoms with van der Waals surface area (Å²) >= 11 is 0. The fraction of sp³-hybridized carbons (Fsp3) is 0.156. The minimum atomic E-state index is -0.148. The summed E-state index contributed by atoms with van der Waals surface area (Å²) in [6.45, 7) is 5.91. The van der Waals surface area contributed by atoms with Crippen LogP contribution in [0.4, 0.5) is 0 Å². The summed E-state index contributed by atoms with van der Waals surface area (Å²) in [5.74, 6) is 0.560. The first-order valence-electron chi connectivity index (χ1n) is 12.1. The number of benzene rings is 4. The molecule has 0 radical (unpaired) electrons. The first-order chi connectivity index (χ1) is 17.5. The molecule has 0 aliphatic carbocycles.